The summed E-state index contributed by atoms with van der Waals surface area (Å²) in [5, 5.41) is 6.97. The molecule has 1 saturated carbocycles. The summed E-state index contributed by atoms with van der Waals surface area (Å²) in [5.74, 6) is 0.236. The average Bonchev–Trinajstić information content (AvgIpc) is 3.21. The van der Waals surface area contributed by atoms with E-state index in [9.17, 15) is 9.59 Å². The van der Waals surface area contributed by atoms with Crippen molar-refractivity contribution in [2.45, 2.75) is 39.0 Å². The summed E-state index contributed by atoms with van der Waals surface area (Å²) in [6.45, 7) is 2.79. The number of benzene rings is 1. The van der Waals surface area contributed by atoms with E-state index in [0.717, 1.165) is 67.1 Å². The van der Waals surface area contributed by atoms with E-state index < -0.39 is 0 Å². The van der Waals surface area contributed by atoms with E-state index in [0.29, 0.717) is 10.6 Å². The Morgan fingerprint density at radius 3 is 2.96 bits per heavy atom. The molecule has 0 atom stereocenters. The fraction of sp³-hybridized carbons (Fsp3) is 0.444. The quantitative estimate of drug-likeness (QED) is 0.893. The van der Waals surface area contributed by atoms with Crippen LogP contribution in [0.25, 0.3) is 0 Å². The van der Waals surface area contributed by atoms with Gasteiger partial charge in [0, 0.05) is 23.8 Å². The molecule has 0 unspecified atom stereocenters. The second-order valence-electron chi connectivity index (χ2n) is 6.61. The Bertz CT molecular complexity index is 828. The molecular formula is C18H20N4O2S. The Balaban J connectivity index is 1.54. The second kappa shape index (κ2) is 6.55. The third-order valence-electron chi connectivity index (χ3n) is 4.68. The SMILES string of the molecule is CCCc1nnsc1C(=O)Nc1ccc2c(c1)N(C(=O)C1CC1)CC2. The van der Waals surface area contributed by atoms with Crippen molar-refractivity contribution < 1.29 is 9.59 Å². The van der Waals surface area contributed by atoms with Gasteiger partial charge in [-0.3, -0.25) is 9.59 Å². The predicted molar refractivity (Wildman–Crippen MR) is 97.1 cm³/mol. The van der Waals surface area contributed by atoms with Gasteiger partial charge in [0.15, 0.2) is 0 Å². The topological polar surface area (TPSA) is 75.2 Å². The average molecular weight is 356 g/mol. The van der Waals surface area contributed by atoms with Crippen LogP contribution < -0.4 is 10.2 Å². The number of nitrogens with one attached hydrogen (secondary N) is 1. The first kappa shape index (κ1) is 16.2. The van der Waals surface area contributed by atoms with Crippen LogP contribution in [0.15, 0.2) is 18.2 Å². The van der Waals surface area contributed by atoms with Gasteiger partial charge in [-0.2, -0.15) is 0 Å². The van der Waals surface area contributed by atoms with E-state index in [1.54, 1.807) is 0 Å². The van der Waals surface area contributed by atoms with Crippen LogP contribution in [0.1, 0.15) is 47.1 Å². The number of fused-ring (bicyclic) bond motifs is 1. The molecule has 1 aliphatic heterocycles. The minimum Gasteiger partial charge on any atom is -0.321 e. The zero-order valence-corrected chi connectivity index (χ0v) is 14.9. The molecule has 0 spiro atoms. The fourth-order valence-corrected chi connectivity index (χ4v) is 3.81. The Labute approximate surface area is 150 Å². The molecule has 2 aromatic rings. The number of rotatable bonds is 5. The van der Waals surface area contributed by atoms with E-state index in [2.05, 4.69) is 14.9 Å². The molecule has 1 aromatic heterocycles. The van der Waals surface area contributed by atoms with E-state index in [4.69, 9.17) is 0 Å². The van der Waals surface area contributed by atoms with Gasteiger partial charge >= 0.3 is 0 Å². The molecule has 4 rings (SSSR count). The van der Waals surface area contributed by atoms with E-state index in [1.807, 2.05) is 30.0 Å². The highest BCUT2D eigenvalue weighted by Gasteiger charge is 2.36. The predicted octanol–water partition coefficient (Wildman–Crippen LogP) is 3.04. The molecule has 0 radical (unpaired) electrons. The van der Waals surface area contributed by atoms with Crippen molar-refractivity contribution in [3.05, 3.63) is 34.3 Å². The lowest BCUT2D eigenvalue weighted by molar-refractivity contribution is -0.119. The Morgan fingerprint density at radius 1 is 1.36 bits per heavy atom. The lowest BCUT2D eigenvalue weighted by Gasteiger charge is -2.18. The maximum Gasteiger partial charge on any atom is 0.269 e. The summed E-state index contributed by atoms with van der Waals surface area (Å²) < 4.78 is 3.90. The molecule has 2 amide bonds. The Hall–Kier alpha value is -2.28. The van der Waals surface area contributed by atoms with Crippen LogP contribution in [0.4, 0.5) is 11.4 Å². The van der Waals surface area contributed by atoms with Gasteiger partial charge in [-0.15, -0.1) is 5.10 Å². The molecule has 0 saturated heterocycles. The summed E-state index contributed by atoms with van der Waals surface area (Å²) in [6.07, 6.45) is 4.54. The first-order valence-electron chi connectivity index (χ1n) is 8.74. The van der Waals surface area contributed by atoms with Crippen LogP contribution >= 0.6 is 11.5 Å². The molecule has 2 aliphatic rings. The van der Waals surface area contributed by atoms with Gasteiger partial charge in [-0.05, 0) is 54.9 Å². The lowest BCUT2D eigenvalue weighted by Crippen LogP contribution is -2.30. The molecule has 1 aromatic carbocycles. The normalized spacial score (nSPS) is 16.0. The molecule has 1 aliphatic carbocycles. The number of anilines is 2. The van der Waals surface area contributed by atoms with Crippen molar-refractivity contribution in [2.75, 3.05) is 16.8 Å². The van der Waals surface area contributed by atoms with Crippen molar-refractivity contribution in [1.29, 1.82) is 0 Å². The molecule has 7 heteroatoms. The third-order valence-corrected chi connectivity index (χ3v) is 5.45. The summed E-state index contributed by atoms with van der Waals surface area (Å²) in [6, 6.07) is 5.81. The van der Waals surface area contributed by atoms with Gasteiger partial charge in [0.1, 0.15) is 4.88 Å². The van der Waals surface area contributed by atoms with E-state index in [-0.39, 0.29) is 17.7 Å². The number of nitrogens with zero attached hydrogens (tertiary/aromatic N) is 3. The number of carbonyl (C=O) groups is 2. The van der Waals surface area contributed by atoms with Gasteiger partial charge < -0.3 is 10.2 Å². The highest BCUT2D eigenvalue weighted by atomic mass is 32.1. The van der Waals surface area contributed by atoms with Crippen LogP contribution in [0, 0.1) is 5.92 Å². The highest BCUT2D eigenvalue weighted by molar-refractivity contribution is 7.08. The summed E-state index contributed by atoms with van der Waals surface area (Å²) in [5.41, 5.74) is 3.55. The van der Waals surface area contributed by atoms with Crippen LogP contribution in [0.2, 0.25) is 0 Å². The van der Waals surface area contributed by atoms with Crippen LogP contribution in [-0.2, 0) is 17.6 Å². The summed E-state index contributed by atoms with van der Waals surface area (Å²) >= 11 is 1.12. The monoisotopic (exact) mass is 356 g/mol. The lowest BCUT2D eigenvalue weighted by atomic mass is 10.1. The van der Waals surface area contributed by atoms with Gasteiger partial charge in [-0.25, -0.2) is 0 Å². The van der Waals surface area contributed by atoms with Crippen molar-refractivity contribution >= 4 is 34.7 Å². The number of aryl methyl sites for hydroxylation is 1. The maximum atomic E-state index is 12.5. The van der Waals surface area contributed by atoms with Gasteiger partial charge in [-0.1, -0.05) is 23.9 Å². The zero-order chi connectivity index (χ0) is 17.4. The standard InChI is InChI=1S/C18H20N4O2S/c1-2-3-14-16(25-21-20-14)17(23)19-13-7-6-11-8-9-22(15(11)10-13)18(24)12-4-5-12/h6-7,10,12H,2-5,8-9H2,1H3,(H,19,23). The van der Waals surface area contributed by atoms with Crippen LogP contribution in [0.3, 0.4) is 0 Å². The first-order valence-corrected chi connectivity index (χ1v) is 9.51. The number of amides is 2. The molecule has 130 valence electrons. The van der Waals surface area contributed by atoms with Gasteiger partial charge in [0.25, 0.3) is 5.91 Å². The first-order chi connectivity index (χ1) is 12.2. The van der Waals surface area contributed by atoms with Gasteiger partial charge in [0.05, 0.1) is 5.69 Å². The summed E-state index contributed by atoms with van der Waals surface area (Å²) in [7, 11) is 0. The molecular weight excluding hydrogens is 336 g/mol. The van der Waals surface area contributed by atoms with Crippen molar-refractivity contribution in [3.8, 4) is 0 Å². The van der Waals surface area contributed by atoms with Crippen molar-refractivity contribution in [3.63, 3.8) is 0 Å². The molecule has 1 fully saturated rings. The van der Waals surface area contributed by atoms with Crippen molar-refractivity contribution in [1.82, 2.24) is 9.59 Å². The zero-order valence-electron chi connectivity index (χ0n) is 14.1. The number of hydrogen-bond donors (Lipinski definition) is 1. The smallest absolute Gasteiger partial charge is 0.269 e. The minimum atomic E-state index is -0.184. The molecule has 1 N–H and O–H groups in total. The minimum absolute atomic E-state index is 0.184. The Morgan fingerprint density at radius 2 is 2.20 bits per heavy atom. The van der Waals surface area contributed by atoms with Crippen LogP contribution in [0.5, 0.6) is 0 Å². The second-order valence-corrected chi connectivity index (χ2v) is 7.36. The third kappa shape index (κ3) is 3.16. The molecule has 2 heterocycles. The van der Waals surface area contributed by atoms with Crippen molar-refractivity contribution in [2.24, 2.45) is 5.92 Å². The van der Waals surface area contributed by atoms with Gasteiger partial charge in [0.2, 0.25) is 5.91 Å². The number of hydrogen-bond acceptors (Lipinski definition) is 5. The number of aromatic nitrogens is 2. The molecule has 0 bridgehead atoms. The highest BCUT2D eigenvalue weighted by Crippen LogP contribution is 2.37. The molecule has 25 heavy (non-hydrogen) atoms. The largest absolute Gasteiger partial charge is 0.321 e. The van der Waals surface area contributed by atoms with E-state index in [1.165, 1.54) is 0 Å². The summed E-state index contributed by atoms with van der Waals surface area (Å²) in [4.78, 5) is 27.4. The molecule has 6 nitrogen and oxygen atoms in total. The van der Waals surface area contributed by atoms with Crippen LogP contribution in [-0.4, -0.2) is 27.9 Å². The fourth-order valence-electron chi connectivity index (χ4n) is 3.21. The maximum absolute atomic E-state index is 12.5. The Kier molecular flexibility index (Phi) is 4.25. The van der Waals surface area contributed by atoms with E-state index >= 15 is 0 Å². The number of carbonyl (C=O) groups excluding carboxylic acids is 2.